The molecule has 0 spiro atoms. The van der Waals surface area contributed by atoms with Crippen molar-refractivity contribution in [2.24, 2.45) is 0 Å². The van der Waals surface area contributed by atoms with Gasteiger partial charge in [0.2, 0.25) is 0 Å². The predicted octanol–water partition coefficient (Wildman–Crippen LogP) is 5.14. The van der Waals surface area contributed by atoms with Gasteiger partial charge in [-0.05, 0) is 63.1 Å². The zero-order valence-electron chi connectivity index (χ0n) is 20.3. The summed E-state index contributed by atoms with van der Waals surface area (Å²) in [4.78, 5) is 22.8. The minimum absolute atomic E-state index is 0.118. The first-order valence-corrected chi connectivity index (χ1v) is 12.7. The van der Waals surface area contributed by atoms with Crippen LogP contribution in [0.2, 0.25) is 0 Å². The number of aromatic amines is 1. The van der Waals surface area contributed by atoms with Gasteiger partial charge in [0.05, 0.1) is 35.8 Å². The number of fused-ring (bicyclic) bond motifs is 2. The van der Waals surface area contributed by atoms with Crippen LogP contribution in [0.25, 0.3) is 21.8 Å². The highest BCUT2D eigenvalue weighted by molar-refractivity contribution is 5.92. The molecule has 0 unspecified atom stereocenters. The summed E-state index contributed by atoms with van der Waals surface area (Å²) in [5.74, 6) is 1.58. The van der Waals surface area contributed by atoms with Crippen molar-refractivity contribution in [3.63, 3.8) is 0 Å². The van der Waals surface area contributed by atoms with Crippen molar-refractivity contribution in [1.82, 2.24) is 19.7 Å². The van der Waals surface area contributed by atoms with Crippen LogP contribution in [0.5, 0.6) is 0 Å². The number of rotatable bonds is 4. The number of aromatic nitrogens is 4. The van der Waals surface area contributed by atoms with E-state index in [4.69, 9.17) is 14.8 Å². The average molecular weight is 473 g/mol. The lowest BCUT2D eigenvalue weighted by Gasteiger charge is -2.37. The van der Waals surface area contributed by atoms with Gasteiger partial charge >= 0.3 is 0 Å². The number of hydrogen-bond acceptors (Lipinski definition) is 6. The van der Waals surface area contributed by atoms with Crippen LogP contribution in [0.15, 0.2) is 47.4 Å². The second kappa shape index (κ2) is 9.00. The van der Waals surface area contributed by atoms with Crippen LogP contribution in [-0.4, -0.2) is 45.0 Å². The lowest BCUT2D eigenvalue weighted by atomic mass is 9.95. The summed E-state index contributed by atoms with van der Waals surface area (Å²) < 4.78 is 7.83. The molecule has 8 nitrogen and oxygen atoms in total. The lowest BCUT2D eigenvalue weighted by Crippen LogP contribution is -2.47. The average Bonchev–Trinajstić information content (AvgIpc) is 3.25. The molecule has 0 radical (unpaired) electrons. The fraction of sp³-hybridized carbons (Fsp3) is 0.444. The molecule has 1 aliphatic heterocycles. The van der Waals surface area contributed by atoms with E-state index in [0.717, 1.165) is 47.3 Å². The van der Waals surface area contributed by atoms with Crippen molar-refractivity contribution in [3.05, 3.63) is 52.9 Å². The number of nitrogens with zero attached hydrogens (tertiary/aromatic N) is 4. The predicted molar refractivity (Wildman–Crippen MR) is 140 cm³/mol. The Hall–Kier alpha value is -3.39. The first kappa shape index (κ1) is 22.1. The fourth-order valence-corrected chi connectivity index (χ4v) is 5.50. The molecule has 0 bridgehead atoms. The van der Waals surface area contributed by atoms with Gasteiger partial charge in [-0.1, -0.05) is 19.3 Å². The van der Waals surface area contributed by atoms with E-state index < -0.39 is 0 Å². The Balaban J connectivity index is 1.32. The third-order valence-corrected chi connectivity index (χ3v) is 7.39. The van der Waals surface area contributed by atoms with Crippen LogP contribution < -0.4 is 15.8 Å². The molecule has 4 heterocycles. The van der Waals surface area contributed by atoms with E-state index in [-0.39, 0.29) is 11.7 Å². The summed E-state index contributed by atoms with van der Waals surface area (Å²) in [6.07, 6.45) is 7.81. The number of ether oxygens (including phenoxy) is 1. The van der Waals surface area contributed by atoms with Gasteiger partial charge in [-0.3, -0.25) is 9.48 Å². The van der Waals surface area contributed by atoms with Gasteiger partial charge in [0, 0.05) is 23.8 Å². The highest BCUT2D eigenvalue weighted by atomic mass is 16.5. The molecule has 35 heavy (non-hydrogen) atoms. The van der Waals surface area contributed by atoms with Gasteiger partial charge < -0.3 is 19.9 Å². The van der Waals surface area contributed by atoms with Gasteiger partial charge in [0.15, 0.2) is 5.82 Å². The van der Waals surface area contributed by atoms with Crippen LogP contribution in [0.4, 0.5) is 17.3 Å². The molecule has 8 heteroatoms. The quantitative estimate of drug-likeness (QED) is 0.428. The Morgan fingerprint density at radius 2 is 1.94 bits per heavy atom. The zero-order chi connectivity index (χ0) is 23.9. The van der Waals surface area contributed by atoms with Crippen molar-refractivity contribution in [3.8, 4) is 0 Å². The first-order valence-electron chi connectivity index (χ1n) is 12.7. The van der Waals surface area contributed by atoms with Crippen molar-refractivity contribution >= 4 is 39.1 Å². The molecule has 182 valence electrons. The number of nitrogens with one attached hydrogen (secondary N) is 2. The fourth-order valence-electron chi connectivity index (χ4n) is 5.50. The Morgan fingerprint density at radius 1 is 1.09 bits per heavy atom. The van der Waals surface area contributed by atoms with Crippen molar-refractivity contribution < 1.29 is 4.74 Å². The number of pyridine rings is 2. The van der Waals surface area contributed by atoms with Crippen LogP contribution >= 0.6 is 0 Å². The molecule has 1 saturated carbocycles. The van der Waals surface area contributed by atoms with Gasteiger partial charge in [0.25, 0.3) is 5.56 Å². The van der Waals surface area contributed by atoms with E-state index >= 15 is 0 Å². The highest BCUT2D eigenvalue weighted by Gasteiger charge is 2.25. The summed E-state index contributed by atoms with van der Waals surface area (Å²) in [6, 6.07) is 12.9. The molecule has 0 amide bonds. The summed E-state index contributed by atoms with van der Waals surface area (Å²) in [5.41, 5.74) is 2.60. The monoisotopic (exact) mass is 472 g/mol. The van der Waals surface area contributed by atoms with Crippen LogP contribution in [0, 0.1) is 0 Å². The van der Waals surface area contributed by atoms with Crippen LogP contribution in [0.1, 0.15) is 52.0 Å². The number of benzene rings is 1. The lowest BCUT2D eigenvalue weighted by molar-refractivity contribution is 0.0341. The second-order valence-electron chi connectivity index (χ2n) is 10.00. The molecule has 6 rings (SSSR count). The van der Waals surface area contributed by atoms with E-state index in [2.05, 4.69) is 51.9 Å². The van der Waals surface area contributed by atoms with E-state index in [1.165, 1.54) is 19.3 Å². The Kier molecular flexibility index (Phi) is 5.68. The number of morpholine rings is 1. The Labute approximate surface area is 204 Å². The van der Waals surface area contributed by atoms with E-state index in [1.807, 2.05) is 18.2 Å². The molecule has 3 aromatic heterocycles. The van der Waals surface area contributed by atoms with Gasteiger partial charge in [-0.15, -0.1) is 0 Å². The van der Waals surface area contributed by atoms with Gasteiger partial charge in [-0.25, -0.2) is 4.98 Å². The Bertz CT molecular complexity index is 1420. The molecule has 2 aliphatic rings. The molecule has 2 atom stereocenters. The molecule has 1 aromatic carbocycles. The first-order chi connectivity index (χ1) is 17.1. The summed E-state index contributed by atoms with van der Waals surface area (Å²) >= 11 is 0. The molecular weight excluding hydrogens is 440 g/mol. The normalized spacial score (nSPS) is 21.6. The molecule has 1 saturated heterocycles. The molecule has 2 fully saturated rings. The van der Waals surface area contributed by atoms with E-state index in [9.17, 15) is 4.79 Å². The molecule has 2 N–H and O–H groups in total. The number of hydrogen-bond donors (Lipinski definition) is 2. The third-order valence-electron chi connectivity index (χ3n) is 7.39. The summed E-state index contributed by atoms with van der Waals surface area (Å²) in [7, 11) is 0. The van der Waals surface area contributed by atoms with Crippen molar-refractivity contribution in [2.45, 2.75) is 64.1 Å². The SMILES string of the molecule is C[C@H]1CN(c2ccc3cc(Nc4nn(C5CCCCC5)c5cc[nH]c(=O)c45)ccc3n2)[C@@H](C)CO1. The molecular formula is C27H32N6O2. The van der Waals surface area contributed by atoms with Gasteiger partial charge in [0.1, 0.15) is 11.2 Å². The summed E-state index contributed by atoms with van der Waals surface area (Å²) in [5, 5.41) is 9.97. The third kappa shape index (κ3) is 4.16. The van der Waals surface area contributed by atoms with Crippen molar-refractivity contribution in [1.29, 1.82) is 0 Å². The minimum Gasteiger partial charge on any atom is -0.375 e. The minimum atomic E-state index is -0.118. The smallest absolute Gasteiger partial charge is 0.261 e. The topological polar surface area (TPSA) is 88.1 Å². The standard InChI is InChI=1S/C27H32N6O2/c1-17-16-35-18(2)15-32(17)24-11-8-19-14-20(9-10-22(19)30-24)29-26-25-23(12-13-28-27(25)34)33(31-26)21-6-4-3-5-7-21/h8-14,17-18,21H,3-7,15-16H2,1-2H3,(H,28,34)(H,29,31)/t17-,18-/m0/s1. The number of anilines is 3. The largest absolute Gasteiger partial charge is 0.375 e. The molecule has 1 aliphatic carbocycles. The maximum absolute atomic E-state index is 12.8. The van der Waals surface area contributed by atoms with E-state index in [0.29, 0.717) is 29.9 Å². The maximum Gasteiger partial charge on any atom is 0.261 e. The summed E-state index contributed by atoms with van der Waals surface area (Å²) in [6.45, 7) is 5.82. The second-order valence-corrected chi connectivity index (χ2v) is 10.00. The van der Waals surface area contributed by atoms with Crippen LogP contribution in [-0.2, 0) is 4.74 Å². The Morgan fingerprint density at radius 3 is 2.80 bits per heavy atom. The number of H-pyrrole nitrogens is 1. The molecule has 4 aromatic rings. The maximum atomic E-state index is 12.8. The highest BCUT2D eigenvalue weighted by Crippen LogP contribution is 2.33. The van der Waals surface area contributed by atoms with Gasteiger partial charge in [-0.2, -0.15) is 5.10 Å². The van der Waals surface area contributed by atoms with Crippen LogP contribution in [0.3, 0.4) is 0 Å². The zero-order valence-corrected chi connectivity index (χ0v) is 20.3. The van der Waals surface area contributed by atoms with E-state index in [1.54, 1.807) is 6.20 Å². The van der Waals surface area contributed by atoms with Crippen molar-refractivity contribution in [2.75, 3.05) is 23.4 Å².